The number of aryl methyl sites for hydroxylation is 2. The maximum Gasteiger partial charge on any atom is 0.309 e. The van der Waals surface area contributed by atoms with Crippen molar-refractivity contribution in [2.75, 3.05) is 31.1 Å². The van der Waals surface area contributed by atoms with Gasteiger partial charge in [-0.25, -0.2) is 9.97 Å². The third-order valence-electron chi connectivity index (χ3n) is 6.81. The molecule has 2 aliphatic heterocycles. The Balaban J connectivity index is 1.34. The van der Waals surface area contributed by atoms with Gasteiger partial charge in [0.2, 0.25) is 0 Å². The monoisotopic (exact) mass is 444 g/mol. The molecule has 4 rings (SSSR count). The highest BCUT2D eigenvalue weighted by molar-refractivity contribution is 7.18. The van der Waals surface area contributed by atoms with Crippen LogP contribution in [0.4, 0.5) is 5.82 Å². The standard InChI is InChI=1S/C23H32N4O3S/c1-14-5-9-27(10-6-14)22(28)16(3)30-23(29)18-7-11-26(12-8-18)20-19-15(2)17(4)31-21(19)25-13-24-20/h13-14,16,18H,5-12H2,1-4H3/t16-/m0/s1. The molecule has 0 radical (unpaired) electrons. The van der Waals surface area contributed by atoms with Gasteiger partial charge in [-0.3, -0.25) is 9.59 Å². The van der Waals surface area contributed by atoms with Crippen molar-refractivity contribution >= 4 is 39.2 Å². The number of thiophene rings is 1. The Morgan fingerprint density at radius 1 is 1.10 bits per heavy atom. The lowest BCUT2D eigenvalue weighted by Crippen LogP contribution is -2.45. The van der Waals surface area contributed by atoms with Crippen LogP contribution in [-0.4, -0.2) is 59.0 Å². The number of rotatable bonds is 4. The molecule has 2 aromatic rings. The zero-order chi connectivity index (χ0) is 22.1. The molecule has 0 N–H and O–H groups in total. The number of likely N-dealkylation sites (tertiary alicyclic amines) is 1. The number of hydrogen-bond acceptors (Lipinski definition) is 7. The number of carbonyl (C=O) groups is 2. The van der Waals surface area contributed by atoms with Gasteiger partial charge in [-0.2, -0.15) is 0 Å². The molecular formula is C23H32N4O3S. The second-order valence-electron chi connectivity index (χ2n) is 9.01. The van der Waals surface area contributed by atoms with Crippen molar-refractivity contribution in [3.05, 3.63) is 16.8 Å². The fraction of sp³-hybridized carbons (Fsp3) is 0.652. The van der Waals surface area contributed by atoms with E-state index >= 15 is 0 Å². The van der Waals surface area contributed by atoms with Gasteiger partial charge < -0.3 is 14.5 Å². The number of hydrogen-bond donors (Lipinski definition) is 0. The summed E-state index contributed by atoms with van der Waals surface area (Å²) in [5.41, 5.74) is 1.23. The van der Waals surface area contributed by atoms with Crippen molar-refractivity contribution in [3.8, 4) is 0 Å². The van der Waals surface area contributed by atoms with Crippen molar-refractivity contribution < 1.29 is 14.3 Å². The molecule has 0 aromatic carbocycles. The summed E-state index contributed by atoms with van der Waals surface area (Å²) in [5, 5.41) is 1.13. The van der Waals surface area contributed by atoms with E-state index in [1.165, 1.54) is 10.4 Å². The number of fused-ring (bicyclic) bond motifs is 1. The number of carbonyl (C=O) groups excluding carboxylic acids is 2. The average molecular weight is 445 g/mol. The van der Waals surface area contributed by atoms with Gasteiger partial charge in [0.15, 0.2) is 6.10 Å². The summed E-state index contributed by atoms with van der Waals surface area (Å²) >= 11 is 1.70. The number of anilines is 1. The highest BCUT2D eigenvalue weighted by atomic mass is 32.1. The summed E-state index contributed by atoms with van der Waals surface area (Å²) in [4.78, 5) is 40.7. The first-order valence-corrected chi connectivity index (χ1v) is 12.1. The highest BCUT2D eigenvalue weighted by Gasteiger charge is 2.32. The van der Waals surface area contributed by atoms with Crippen molar-refractivity contribution in [2.45, 2.75) is 59.5 Å². The smallest absolute Gasteiger partial charge is 0.309 e. The molecule has 2 aliphatic rings. The van der Waals surface area contributed by atoms with Gasteiger partial charge in [-0.15, -0.1) is 11.3 Å². The van der Waals surface area contributed by atoms with Crippen molar-refractivity contribution in [1.82, 2.24) is 14.9 Å². The van der Waals surface area contributed by atoms with Crippen molar-refractivity contribution in [2.24, 2.45) is 11.8 Å². The Hall–Kier alpha value is -2.22. The second kappa shape index (κ2) is 9.10. The lowest BCUT2D eigenvalue weighted by Gasteiger charge is -2.34. The third kappa shape index (κ3) is 4.54. The van der Waals surface area contributed by atoms with Crippen molar-refractivity contribution in [1.29, 1.82) is 0 Å². The number of ether oxygens (including phenoxy) is 1. The van der Waals surface area contributed by atoms with Crippen LogP contribution in [0.5, 0.6) is 0 Å². The van der Waals surface area contributed by atoms with Crippen LogP contribution in [0.3, 0.4) is 0 Å². The van der Waals surface area contributed by atoms with Gasteiger partial charge in [0, 0.05) is 31.1 Å². The minimum absolute atomic E-state index is 0.0654. The first-order valence-electron chi connectivity index (χ1n) is 11.3. The quantitative estimate of drug-likeness (QED) is 0.669. The molecule has 168 valence electrons. The van der Waals surface area contributed by atoms with Gasteiger partial charge >= 0.3 is 5.97 Å². The van der Waals surface area contributed by atoms with E-state index < -0.39 is 6.10 Å². The molecule has 8 heteroatoms. The number of piperidine rings is 2. The second-order valence-corrected chi connectivity index (χ2v) is 10.2. The van der Waals surface area contributed by atoms with E-state index in [-0.39, 0.29) is 17.8 Å². The van der Waals surface area contributed by atoms with Gasteiger partial charge in [-0.05, 0) is 57.9 Å². The molecule has 0 aliphatic carbocycles. The maximum atomic E-state index is 12.7. The summed E-state index contributed by atoms with van der Waals surface area (Å²) in [6.07, 6.45) is 4.36. The molecule has 0 saturated carbocycles. The number of aromatic nitrogens is 2. The zero-order valence-corrected chi connectivity index (χ0v) is 19.7. The molecule has 1 atom stereocenters. The first kappa shape index (κ1) is 22.0. The third-order valence-corrected chi connectivity index (χ3v) is 7.92. The highest BCUT2D eigenvalue weighted by Crippen LogP contribution is 2.35. The Morgan fingerprint density at radius 3 is 2.45 bits per heavy atom. The topological polar surface area (TPSA) is 75.6 Å². The number of amides is 1. The van der Waals surface area contributed by atoms with Crippen LogP contribution in [0.2, 0.25) is 0 Å². The zero-order valence-electron chi connectivity index (χ0n) is 18.9. The van der Waals surface area contributed by atoms with Crippen LogP contribution >= 0.6 is 11.3 Å². The Labute approximate surface area is 187 Å². The van der Waals surface area contributed by atoms with Crippen LogP contribution in [0.15, 0.2) is 6.33 Å². The van der Waals surface area contributed by atoms with Crippen LogP contribution < -0.4 is 4.90 Å². The van der Waals surface area contributed by atoms with E-state index in [9.17, 15) is 9.59 Å². The molecule has 2 aromatic heterocycles. The normalized spacial score (nSPS) is 19.6. The molecule has 2 saturated heterocycles. The van der Waals surface area contributed by atoms with Gasteiger partial charge in [0.05, 0.1) is 11.3 Å². The molecule has 0 unspecified atom stereocenters. The maximum absolute atomic E-state index is 12.7. The van der Waals surface area contributed by atoms with E-state index in [0.29, 0.717) is 18.8 Å². The van der Waals surface area contributed by atoms with E-state index in [0.717, 1.165) is 55.1 Å². The van der Waals surface area contributed by atoms with E-state index in [2.05, 4.69) is 35.6 Å². The lowest BCUT2D eigenvalue weighted by atomic mass is 9.96. The Morgan fingerprint density at radius 2 is 1.77 bits per heavy atom. The molecule has 0 bridgehead atoms. The summed E-state index contributed by atoms with van der Waals surface area (Å²) in [7, 11) is 0. The SMILES string of the molecule is Cc1sc2ncnc(N3CCC(C(=O)O[C@@H](C)C(=O)N4CCC(C)CC4)CC3)c2c1C. The summed E-state index contributed by atoms with van der Waals surface area (Å²) in [6.45, 7) is 11.1. The lowest BCUT2D eigenvalue weighted by molar-refractivity contribution is -0.163. The predicted molar refractivity (Wildman–Crippen MR) is 122 cm³/mol. The Bertz CT molecular complexity index is 959. The molecule has 2 fully saturated rings. The summed E-state index contributed by atoms with van der Waals surface area (Å²) in [6, 6.07) is 0. The molecule has 7 nitrogen and oxygen atoms in total. The van der Waals surface area contributed by atoms with E-state index in [1.807, 2.05) is 4.90 Å². The molecule has 0 spiro atoms. The van der Waals surface area contributed by atoms with Crippen LogP contribution in [-0.2, 0) is 14.3 Å². The van der Waals surface area contributed by atoms with Crippen LogP contribution in [0, 0.1) is 25.7 Å². The minimum Gasteiger partial charge on any atom is -0.452 e. The fourth-order valence-corrected chi connectivity index (χ4v) is 5.53. The van der Waals surface area contributed by atoms with Crippen molar-refractivity contribution in [3.63, 3.8) is 0 Å². The first-order chi connectivity index (χ1) is 14.8. The number of esters is 1. The average Bonchev–Trinajstić information content (AvgIpc) is 3.07. The van der Waals surface area contributed by atoms with Gasteiger partial charge in [0.1, 0.15) is 17.0 Å². The van der Waals surface area contributed by atoms with E-state index in [1.54, 1.807) is 24.6 Å². The molecule has 4 heterocycles. The molecule has 31 heavy (non-hydrogen) atoms. The predicted octanol–water partition coefficient (Wildman–Crippen LogP) is 3.71. The summed E-state index contributed by atoms with van der Waals surface area (Å²) < 4.78 is 5.59. The van der Waals surface area contributed by atoms with E-state index in [4.69, 9.17) is 4.74 Å². The minimum atomic E-state index is -0.711. The Kier molecular flexibility index (Phi) is 6.46. The summed E-state index contributed by atoms with van der Waals surface area (Å²) in [5.74, 6) is 1.13. The largest absolute Gasteiger partial charge is 0.452 e. The van der Waals surface area contributed by atoms with Gasteiger partial charge in [-0.1, -0.05) is 6.92 Å². The van der Waals surface area contributed by atoms with Gasteiger partial charge in [0.25, 0.3) is 5.91 Å². The number of nitrogens with zero attached hydrogens (tertiary/aromatic N) is 4. The molecular weight excluding hydrogens is 412 g/mol. The van der Waals surface area contributed by atoms with Crippen LogP contribution in [0.1, 0.15) is 50.0 Å². The van der Waals surface area contributed by atoms with Crippen LogP contribution in [0.25, 0.3) is 10.2 Å². The fourth-order valence-electron chi connectivity index (χ4n) is 4.54. The molecule has 1 amide bonds.